The molecule has 0 amide bonds. The van der Waals surface area contributed by atoms with Crippen molar-refractivity contribution >= 4 is 0 Å². The molecule has 2 rings (SSSR count). The molecule has 1 aromatic heterocycles. The number of nitrogens with zero attached hydrogens (tertiary/aromatic N) is 2. The third-order valence-corrected chi connectivity index (χ3v) is 3.06. The van der Waals surface area contributed by atoms with Crippen LogP contribution in [0.1, 0.15) is 31.7 Å². The van der Waals surface area contributed by atoms with Gasteiger partial charge in [-0.3, -0.25) is 0 Å². The van der Waals surface area contributed by atoms with Crippen molar-refractivity contribution < 1.29 is 26.8 Å². The smallest absolute Gasteiger partial charge is 0.369 e. The zero-order valence-electron chi connectivity index (χ0n) is 11.9. The van der Waals surface area contributed by atoms with Crippen molar-refractivity contribution in [1.29, 1.82) is 0 Å². The molecule has 120 valence electrons. The van der Waals surface area contributed by atoms with E-state index in [1.807, 2.05) is 13.8 Å². The lowest BCUT2D eigenvalue weighted by Crippen LogP contribution is -2.08. The summed E-state index contributed by atoms with van der Waals surface area (Å²) in [6, 6.07) is 2.29. The van der Waals surface area contributed by atoms with Crippen LogP contribution in [0.5, 0.6) is 0 Å². The largest absolute Gasteiger partial charge is 0.417 e. The molecule has 1 atom stereocenters. The Hall–Kier alpha value is -1.96. The minimum Gasteiger partial charge on any atom is -0.369 e. The number of hydrogen-bond acceptors (Lipinski definition) is 4. The predicted octanol–water partition coefficient (Wildman–Crippen LogP) is 4.21. The fraction of sp³-hybridized carbons (Fsp3) is 0.429. The van der Waals surface area contributed by atoms with E-state index in [4.69, 9.17) is 9.26 Å². The minimum absolute atomic E-state index is 0.00452. The molecular formula is C14H14F4N2O2. The number of halogens is 4. The lowest BCUT2D eigenvalue weighted by molar-refractivity contribution is -0.137. The third-order valence-electron chi connectivity index (χ3n) is 3.06. The van der Waals surface area contributed by atoms with Crippen molar-refractivity contribution in [2.24, 2.45) is 0 Å². The summed E-state index contributed by atoms with van der Waals surface area (Å²) in [5, 5.41) is 3.51. The van der Waals surface area contributed by atoms with Gasteiger partial charge in [-0.2, -0.15) is 18.2 Å². The summed E-state index contributed by atoms with van der Waals surface area (Å²) in [5.74, 6) is -1.18. The molecule has 2 aromatic rings. The standard InChI is InChI=1S/C14H14F4N2O2/c1-3-8(2)21-7-12-19-13(20-22-12)10-5-4-9(15)6-11(10)14(16,17)18/h4-6,8H,3,7H2,1-2H3/t8-/m1/s1. The van der Waals surface area contributed by atoms with E-state index in [9.17, 15) is 17.6 Å². The van der Waals surface area contributed by atoms with Gasteiger partial charge in [-0.15, -0.1) is 0 Å². The van der Waals surface area contributed by atoms with Crippen LogP contribution in [0, 0.1) is 5.82 Å². The van der Waals surface area contributed by atoms with Crippen molar-refractivity contribution in [3.8, 4) is 11.4 Å². The Morgan fingerprint density at radius 1 is 1.32 bits per heavy atom. The van der Waals surface area contributed by atoms with E-state index in [0.29, 0.717) is 6.07 Å². The normalized spacial score (nSPS) is 13.4. The second-order valence-electron chi connectivity index (χ2n) is 4.73. The Bertz CT molecular complexity index is 640. The van der Waals surface area contributed by atoms with Gasteiger partial charge in [0.15, 0.2) is 0 Å². The highest BCUT2D eigenvalue weighted by atomic mass is 19.4. The molecule has 0 fully saturated rings. The quantitative estimate of drug-likeness (QED) is 0.775. The Morgan fingerprint density at radius 3 is 2.68 bits per heavy atom. The van der Waals surface area contributed by atoms with Gasteiger partial charge in [-0.25, -0.2) is 4.39 Å². The zero-order valence-corrected chi connectivity index (χ0v) is 11.9. The second kappa shape index (κ2) is 6.43. The fourth-order valence-corrected chi connectivity index (χ4v) is 1.70. The maximum Gasteiger partial charge on any atom is 0.417 e. The SMILES string of the molecule is CC[C@@H](C)OCc1nc(-c2ccc(F)cc2C(F)(F)F)no1. The van der Waals surface area contributed by atoms with Crippen LogP contribution >= 0.6 is 0 Å². The lowest BCUT2D eigenvalue weighted by Gasteiger charge is -2.10. The van der Waals surface area contributed by atoms with Gasteiger partial charge >= 0.3 is 6.18 Å². The summed E-state index contributed by atoms with van der Waals surface area (Å²) in [6.45, 7) is 3.78. The summed E-state index contributed by atoms with van der Waals surface area (Å²) in [6.07, 6.45) is -3.98. The molecule has 0 saturated carbocycles. The van der Waals surface area contributed by atoms with Crippen LogP contribution < -0.4 is 0 Å². The van der Waals surface area contributed by atoms with Gasteiger partial charge in [-0.05, 0) is 31.5 Å². The van der Waals surface area contributed by atoms with Crippen molar-refractivity contribution in [1.82, 2.24) is 10.1 Å². The van der Waals surface area contributed by atoms with Crippen LogP contribution in [-0.2, 0) is 17.5 Å². The van der Waals surface area contributed by atoms with Gasteiger partial charge in [-0.1, -0.05) is 12.1 Å². The van der Waals surface area contributed by atoms with Crippen LogP contribution in [0.4, 0.5) is 17.6 Å². The molecule has 1 aromatic carbocycles. The average Bonchev–Trinajstić information content (AvgIpc) is 2.92. The Balaban J connectivity index is 2.28. The molecule has 0 aliphatic heterocycles. The first-order chi connectivity index (χ1) is 10.3. The average molecular weight is 318 g/mol. The van der Waals surface area contributed by atoms with E-state index in [2.05, 4.69) is 10.1 Å². The molecule has 0 aliphatic rings. The molecule has 0 aliphatic carbocycles. The summed E-state index contributed by atoms with van der Waals surface area (Å²) in [5.41, 5.74) is -1.49. The van der Waals surface area contributed by atoms with Gasteiger partial charge in [0.2, 0.25) is 5.82 Å². The molecule has 0 unspecified atom stereocenters. The summed E-state index contributed by atoms with van der Waals surface area (Å²) >= 11 is 0. The van der Waals surface area contributed by atoms with E-state index in [0.717, 1.165) is 18.6 Å². The molecule has 4 nitrogen and oxygen atoms in total. The van der Waals surface area contributed by atoms with Gasteiger partial charge in [0.05, 0.1) is 11.7 Å². The summed E-state index contributed by atoms with van der Waals surface area (Å²) < 4.78 is 62.1. The predicted molar refractivity (Wildman–Crippen MR) is 69.2 cm³/mol. The Kier molecular flexibility index (Phi) is 4.80. The molecule has 0 bridgehead atoms. The molecule has 22 heavy (non-hydrogen) atoms. The number of ether oxygens (including phenoxy) is 1. The summed E-state index contributed by atoms with van der Waals surface area (Å²) in [7, 11) is 0. The van der Waals surface area contributed by atoms with Crippen molar-refractivity contribution in [2.75, 3.05) is 0 Å². The van der Waals surface area contributed by atoms with Gasteiger partial charge in [0, 0.05) is 5.56 Å². The fourth-order valence-electron chi connectivity index (χ4n) is 1.70. The summed E-state index contributed by atoms with van der Waals surface area (Å²) in [4.78, 5) is 3.87. The van der Waals surface area contributed by atoms with Crippen LogP contribution in [0.2, 0.25) is 0 Å². The van der Waals surface area contributed by atoms with Gasteiger partial charge in [0.25, 0.3) is 5.89 Å². The number of alkyl halides is 3. The third kappa shape index (κ3) is 3.82. The highest BCUT2D eigenvalue weighted by molar-refractivity contribution is 5.60. The maximum atomic E-state index is 13.1. The molecule has 0 radical (unpaired) electrons. The van der Waals surface area contributed by atoms with E-state index in [-0.39, 0.29) is 30.0 Å². The second-order valence-corrected chi connectivity index (χ2v) is 4.73. The number of hydrogen-bond donors (Lipinski definition) is 0. The number of aromatic nitrogens is 2. The van der Waals surface area contributed by atoms with E-state index in [1.54, 1.807) is 0 Å². The lowest BCUT2D eigenvalue weighted by atomic mass is 10.1. The van der Waals surface area contributed by atoms with Crippen LogP contribution in [0.25, 0.3) is 11.4 Å². The van der Waals surface area contributed by atoms with Crippen LogP contribution in [0.15, 0.2) is 22.7 Å². The first-order valence-corrected chi connectivity index (χ1v) is 6.62. The van der Waals surface area contributed by atoms with Crippen molar-refractivity contribution in [3.05, 3.63) is 35.5 Å². The van der Waals surface area contributed by atoms with Crippen molar-refractivity contribution in [2.45, 2.75) is 39.2 Å². The van der Waals surface area contributed by atoms with Crippen molar-refractivity contribution in [3.63, 3.8) is 0 Å². The Labute approximate surface area is 124 Å². The molecule has 1 heterocycles. The van der Waals surface area contributed by atoms with Crippen LogP contribution in [-0.4, -0.2) is 16.2 Å². The minimum atomic E-state index is -4.72. The molecule has 8 heteroatoms. The molecule has 0 N–H and O–H groups in total. The first kappa shape index (κ1) is 16.4. The number of rotatable bonds is 5. The van der Waals surface area contributed by atoms with Gasteiger partial charge < -0.3 is 9.26 Å². The first-order valence-electron chi connectivity index (χ1n) is 6.62. The molecule has 0 spiro atoms. The molecule has 0 saturated heterocycles. The maximum absolute atomic E-state index is 13.1. The monoisotopic (exact) mass is 318 g/mol. The zero-order chi connectivity index (χ0) is 16.3. The number of benzene rings is 1. The topological polar surface area (TPSA) is 48.2 Å². The van der Waals surface area contributed by atoms with Gasteiger partial charge in [0.1, 0.15) is 12.4 Å². The van der Waals surface area contributed by atoms with E-state index in [1.165, 1.54) is 0 Å². The molecular weight excluding hydrogens is 304 g/mol. The van der Waals surface area contributed by atoms with E-state index < -0.39 is 17.6 Å². The highest BCUT2D eigenvalue weighted by Gasteiger charge is 2.35. The highest BCUT2D eigenvalue weighted by Crippen LogP contribution is 2.36. The Morgan fingerprint density at radius 2 is 2.05 bits per heavy atom. The van der Waals surface area contributed by atoms with E-state index >= 15 is 0 Å². The van der Waals surface area contributed by atoms with Crippen LogP contribution in [0.3, 0.4) is 0 Å².